The maximum atomic E-state index is 12.5. The molecule has 17 heavy (non-hydrogen) atoms. The number of rotatable bonds is 5. The minimum absolute atomic E-state index is 0.192. The first-order chi connectivity index (χ1) is 8.33. The molecular formula is C12H22N2O2S. The van der Waals surface area contributed by atoms with Crippen molar-refractivity contribution < 1.29 is 9.53 Å². The third kappa shape index (κ3) is 3.36. The van der Waals surface area contributed by atoms with Crippen molar-refractivity contribution in [2.24, 2.45) is 5.92 Å². The monoisotopic (exact) mass is 258 g/mol. The highest BCUT2D eigenvalue weighted by Gasteiger charge is 2.32. The van der Waals surface area contributed by atoms with Crippen molar-refractivity contribution >= 4 is 17.7 Å². The zero-order chi connectivity index (χ0) is 12.1. The first kappa shape index (κ1) is 13.2. The Kier molecular flexibility index (Phi) is 5.13. The zero-order valence-electron chi connectivity index (χ0n) is 10.5. The topological polar surface area (TPSA) is 41.6 Å². The van der Waals surface area contributed by atoms with Crippen molar-refractivity contribution in [3.05, 3.63) is 0 Å². The van der Waals surface area contributed by atoms with Crippen LogP contribution in [0.3, 0.4) is 0 Å². The molecule has 0 aromatic heterocycles. The van der Waals surface area contributed by atoms with Gasteiger partial charge in [-0.2, -0.15) is 11.8 Å². The van der Waals surface area contributed by atoms with Crippen LogP contribution in [0.15, 0.2) is 0 Å². The lowest BCUT2D eigenvalue weighted by Gasteiger charge is -2.30. The van der Waals surface area contributed by atoms with Gasteiger partial charge in [0.15, 0.2) is 0 Å². The number of nitrogens with zero attached hydrogens (tertiary/aromatic N) is 1. The van der Waals surface area contributed by atoms with Gasteiger partial charge in [0.25, 0.3) is 0 Å². The molecular weight excluding hydrogens is 236 g/mol. The molecule has 2 saturated heterocycles. The largest absolute Gasteiger partial charge is 0.383 e. The van der Waals surface area contributed by atoms with Gasteiger partial charge in [-0.15, -0.1) is 0 Å². The van der Waals surface area contributed by atoms with E-state index in [1.165, 1.54) is 5.75 Å². The van der Waals surface area contributed by atoms with Gasteiger partial charge in [0, 0.05) is 32.0 Å². The molecule has 0 radical (unpaired) electrons. The number of thioether (sulfide) groups is 1. The van der Waals surface area contributed by atoms with Crippen molar-refractivity contribution in [3.8, 4) is 0 Å². The van der Waals surface area contributed by atoms with Crippen LogP contribution in [0.1, 0.15) is 12.8 Å². The molecule has 0 spiro atoms. The SMILES string of the molecule is COCCN(C(=O)C1CCNC1)C1CCSC1. The fourth-order valence-electron chi connectivity index (χ4n) is 2.53. The van der Waals surface area contributed by atoms with Crippen LogP contribution < -0.4 is 5.32 Å². The van der Waals surface area contributed by atoms with Gasteiger partial charge >= 0.3 is 0 Å². The van der Waals surface area contributed by atoms with Crippen LogP contribution in [-0.2, 0) is 9.53 Å². The Bertz CT molecular complexity index is 251. The van der Waals surface area contributed by atoms with Crippen LogP contribution in [0.25, 0.3) is 0 Å². The Morgan fingerprint density at radius 2 is 2.41 bits per heavy atom. The van der Waals surface area contributed by atoms with Gasteiger partial charge in [0.1, 0.15) is 0 Å². The van der Waals surface area contributed by atoms with Crippen molar-refractivity contribution in [2.75, 3.05) is 44.9 Å². The van der Waals surface area contributed by atoms with E-state index in [2.05, 4.69) is 10.2 Å². The number of hydrogen-bond donors (Lipinski definition) is 1. The fourth-order valence-corrected chi connectivity index (χ4v) is 3.75. The Morgan fingerprint density at radius 1 is 1.53 bits per heavy atom. The second kappa shape index (κ2) is 6.61. The second-order valence-corrected chi connectivity index (χ2v) is 5.88. The predicted molar refractivity (Wildman–Crippen MR) is 70.3 cm³/mol. The van der Waals surface area contributed by atoms with Crippen LogP contribution in [0, 0.1) is 5.92 Å². The fraction of sp³-hybridized carbons (Fsp3) is 0.917. The van der Waals surface area contributed by atoms with Crippen LogP contribution in [-0.4, -0.2) is 61.7 Å². The molecule has 0 aliphatic carbocycles. The van der Waals surface area contributed by atoms with E-state index in [-0.39, 0.29) is 5.92 Å². The van der Waals surface area contributed by atoms with Crippen LogP contribution >= 0.6 is 11.8 Å². The third-order valence-electron chi connectivity index (χ3n) is 3.58. The van der Waals surface area contributed by atoms with Crippen molar-refractivity contribution in [3.63, 3.8) is 0 Å². The number of hydrogen-bond acceptors (Lipinski definition) is 4. The van der Waals surface area contributed by atoms with E-state index in [9.17, 15) is 4.79 Å². The van der Waals surface area contributed by atoms with E-state index in [4.69, 9.17) is 4.74 Å². The lowest BCUT2D eigenvalue weighted by atomic mass is 10.1. The molecule has 2 aliphatic heterocycles. The number of nitrogens with one attached hydrogen (secondary N) is 1. The van der Waals surface area contributed by atoms with E-state index in [1.807, 2.05) is 11.8 Å². The predicted octanol–water partition coefficient (Wildman–Crippen LogP) is 0.576. The minimum atomic E-state index is 0.192. The molecule has 98 valence electrons. The molecule has 2 aliphatic rings. The summed E-state index contributed by atoms with van der Waals surface area (Å²) in [5.41, 5.74) is 0. The molecule has 0 saturated carbocycles. The Balaban J connectivity index is 1.94. The summed E-state index contributed by atoms with van der Waals surface area (Å²) in [5, 5.41) is 3.27. The Hall–Kier alpha value is -0.260. The normalized spacial score (nSPS) is 28.5. The molecule has 0 aromatic carbocycles. The summed E-state index contributed by atoms with van der Waals surface area (Å²) in [4.78, 5) is 14.5. The molecule has 0 aromatic rings. The summed E-state index contributed by atoms with van der Waals surface area (Å²) in [7, 11) is 1.70. The molecule has 0 bridgehead atoms. The van der Waals surface area contributed by atoms with Gasteiger partial charge in [-0.3, -0.25) is 4.79 Å². The molecule has 5 heteroatoms. The standard InChI is InChI=1S/C12H22N2O2S/c1-16-6-5-14(11-3-7-17-9-11)12(15)10-2-4-13-8-10/h10-11,13H,2-9H2,1H3. The van der Waals surface area contributed by atoms with Gasteiger partial charge in [0.2, 0.25) is 5.91 Å². The van der Waals surface area contributed by atoms with Gasteiger partial charge < -0.3 is 15.0 Å². The van der Waals surface area contributed by atoms with E-state index in [0.717, 1.165) is 38.2 Å². The van der Waals surface area contributed by atoms with E-state index in [1.54, 1.807) is 7.11 Å². The highest BCUT2D eigenvalue weighted by molar-refractivity contribution is 7.99. The third-order valence-corrected chi connectivity index (χ3v) is 4.72. The minimum Gasteiger partial charge on any atom is -0.383 e. The maximum absolute atomic E-state index is 12.5. The van der Waals surface area contributed by atoms with Gasteiger partial charge in [-0.25, -0.2) is 0 Å². The van der Waals surface area contributed by atoms with Gasteiger partial charge in [-0.05, 0) is 25.1 Å². The molecule has 2 fully saturated rings. The average Bonchev–Trinajstić information content (AvgIpc) is 3.02. The van der Waals surface area contributed by atoms with E-state index in [0.29, 0.717) is 18.6 Å². The number of methoxy groups -OCH3 is 1. The van der Waals surface area contributed by atoms with Crippen molar-refractivity contribution in [1.82, 2.24) is 10.2 Å². The quantitative estimate of drug-likeness (QED) is 0.783. The summed E-state index contributed by atoms with van der Waals surface area (Å²) >= 11 is 1.95. The molecule has 1 amide bonds. The molecule has 2 rings (SSSR count). The molecule has 4 nitrogen and oxygen atoms in total. The first-order valence-electron chi connectivity index (χ1n) is 6.41. The van der Waals surface area contributed by atoms with Gasteiger partial charge in [-0.1, -0.05) is 0 Å². The Labute approximate surface area is 107 Å². The van der Waals surface area contributed by atoms with Crippen LogP contribution in [0.5, 0.6) is 0 Å². The average molecular weight is 258 g/mol. The molecule has 2 heterocycles. The summed E-state index contributed by atoms with van der Waals surface area (Å²) in [5.74, 6) is 2.80. The number of carbonyl (C=O) groups excluding carboxylic acids is 1. The van der Waals surface area contributed by atoms with E-state index < -0.39 is 0 Å². The van der Waals surface area contributed by atoms with Crippen molar-refractivity contribution in [1.29, 1.82) is 0 Å². The first-order valence-corrected chi connectivity index (χ1v) is 7.56. The highest BCUT2D eigenvalue weighted by atomic mass is 32.2. The van der Waals surface area contributed by atoms with Gasteiger partial charge in [0.05, 0.1) is 12.5 Å². The van der Waals surface area contributed by atoms with Crippen LogP contribution in [0.4, 0.5) is 0 Å². The number of amides is 1. The molecule has 2 atom stereocenters. The Morgan fingerprint density at radius 3 is 3.00 bits per heavy atom. The summed E-state index contributed by atoms with van der Waals surface area (Å²) in [6.45, 7) is 3.22. The number of carbonyl (C=O) groups is 1. The summed E-state index contributed by atoms with van der Waals surface area (Å²) in [6, 6.07) is 0.434. The van der Waals surface area contributed by atoms with Crippen LogP contribution in [0.2, 0.25) is 0 Å². The second-order valence-electron chi connectivity index (χ2n) is 4.73. The lowest BCUT2D eigenvalue weighted by molar-refractivity contribution is -0.137. The molecule has 2 unspecified atom stereocenters. The summed E-state index contributed by atoms with van der Waals surface area (Å²) in [6.07, 6.45) is 2.13. The van der Waals surface area contributed by atoms with Crippen molar-refractivity contribution in [2.45, 2.75) is 18.9 Å². The maximum Gasteiger partial charge on any atom is 0.227 e. The number of ether oxygens (including phenoxy) is 1. The zero-order valence-corrected chi connectivity index (χ0v) is 11.3. The highest BCUT2D eigenvalue weighted by Crippen LogP contribution is 2.24. The smallest absolute Gasteiger partial charge is 0.227 e. The van der Waals surface area contributed by atoms with E-state index >= 15 is 0 Å². The lowest BCUT2D eigenvalue weighted by Crippen LogP contribution is -2.45. The molecule has 1 N–H and O–H groups in total. The summed E-state index contributed by atoms with van der Waals surface area (Å²) < 4.78 is 5.13.